The number of aryl methyl sites for hydroxylation is 1. The fraction of sp³-hybridized carbons (Fsp3) is 0.500. The van der Waals surface area contributed by atoms with Gasteiger partial charge in [-0.15, -0.1) is 0 Å². The number of aromatic nitrogens is 3. The molecule has 17 heavy (non-hydrogen) atoms. The first-order chi connectivity index (χ1) is 8.15. The van der Waals surface area contributed by atoms with Crippen LogP contribution in [0.4, 0.5) is 0 Å². The van der Waals surface area contributed by atoms with E-state index in [2.05, 4.69) is 39.9 Å². The average molecular weight is 234 g/mol. The molecule has 0 aliphatic heterocycles. The summed E-state index contributed by atoms with van der Waals surface area (Å²) in [4.78, 5) is 4.20. The quantitative estimate of drug-likeness (QED) is 0.856. The van der Waals surface area contributed by atoms with Gasteiger partial charge in [0.15, 0.2) is 5.82 Å². The molecule has 2 rings (SSSR count). The molecular weight excluding hydrogens is 216 g/mol. The van der Waals surface area contributed by atoms with Gasteiger partial charge in [0.05, 0.1) is 0 Å². The van der Waals surface area contributed by atoms with E-state index in [9.17, 15) is 0 Å². The summed E-state index contributed by atoms with van der Waals surface area (Å²) < 4.78 is 7.23. The Bertz CT molecular complexity index is 472. The zero-order chi connectivity index (χ0) is 12.3. The lowest BCUT2D eigenvalue weighted by Crippen LogP contribution is -2.23. The molecule has 0 aliphatic rings. The highest BCUT2D eigenvalue weighted by Crippen LogP contribution is 2.06. The molecule has 0 saturated carbocycles. The predicted octanol–water partition coefficient (Wildman–Crippen LogP) is 1.73. The molecule has 0 aliphatic carbocycles. The van der Waals surface area contributed by atoms with Crippen LogP contribution in [0.2, 0.25) is 0 Å². The lowest BCUT2D eigenvalue weighted by Gasteiger charge is -2.10. The molecule has 2 heterocycles. The molecule has 0 aromatic carbocycles. The van der Waals surface area contributed by atoms with Crippen molar-refractivity contribution in [1.82, 2.24) is 20.0 Å². The van der Waals surface area contributed by atoms with E-state index in [1.165, 1.54) is 5.69 Å². The molecule has 0 fully saturated rings. The maximum absolute atomic E-state index is 5.12. The third-order valence-corrected chi connectivity index (χ3v) is 2.49. The Labute approximate surface area is 101 Å². The van der Waals surface area contributed by atoms with Crippen molar-refractivity contribution in [2.24, 2.45) is 0 Å². The van der Waals surface area contributed by atoms with E-state index in [-0.39, 0.29) is 0 Å². The standard InChI is InChI=1S/C12H18N4O/c1-9(2)13-7-11-5-4-6-16(11)8-12-14-10(3)15-17-12/h4-6,9,13H,7-8H2,1-3H3. The van der Waals surface area contributed by atoms with Gasteiger partial charge in [-0.05, 0) is 19.1 Å². The SMILES string of the molecule is Cc1noc(Cn2cccc2CNC(C)C)n1. The van der Waals surface area contributed by atoms with Gasteiger partial charge in [-0.25, -0.2) is 0 Å². The Kier molecular flexibility index (Phi) is 3.58. The number of nitrogens with zero attached hydrogens (tertiary/aromatic N) is 3. The highest BCUT2D eigenvalue weighted by molar-refractivity contribution is 5.08. The number of hydrogen-bond donors (Lipinski definition) is 1. The van der Waals surface area contributed by atoms with E-state index in [4.69, 9.17) is 4.52 Å². The van der Waals surface area contributed by atoms with Crippen molar-refractivity contribution in [3.63, 3.8) is 0 Å². The molecule has 0 bridgehead atoms. The van der Waals surface area contributed by atoms with Gasteiger partial charge >= 0.3 is 0 Å². The van der Waals surface area contributed by atoms with Gasteiger partial charge in [0.1, 0.15) is 6.54 Å². The van der Waals surface area contributed by atoms with E-state index in [1.54, 1.807) is 0 Å². The molecule has 5 heteroatoms. The van der Waals surface area contributed by atoms with Gasteiger partial charge in [0, 0.05) is 24.5 Å². The van der Waals surface area contributed by atoms with Gasteiger partial charge < -0.3 is 14.4 Å². The lowest BCUT2D eigenvalue weighted by atomic mass is 10.3. The Morgan fingerprint density at radius 1 is 1.47 bits per heavy atom. The first-order valence-corrected chi connectivity index (χ1v) is 5.81. The maximum Gasteiger partial charge on any atom is 0.246 e. The van der Waals surface area contributed by atoms with Crippen molar-refractivity contribution in [2.45, 2.75) is 39.9 Å². The molecule has 0 radical (unpaired) electrons. The summed E-state index contributed by atoms with van der Waals surface area (Å²) in [5.74, 6) is 1.32. The van der Waals surface area contributed by atoms with Crippen LogP contribution in [0, 0.1) is 6.92 Å². The van der Waals surface area contributed by atoms with Crippen LogP contribution in [0.15, 0.2) is 22.9 Å². The minimum Gasteiger partial charge on any atom is -0.341 e. The van der Waals surface area contributed by atoms with Crippen LogP contribution in [0.25, 0.3) is 0 Å². The van der Waals surface area contributed by atoms with Crippen LogP contribution < -0.4 is 5.32 Å². The fourth-order valence-electron chi connectivity index (χ4n) is 1.62. The molecule has 2 aromatic rings. The third-order valence-electron chi connectivity index (χ3n) is 2.49. The second kappa shape index (κ2) is 5.14. The molecule has 0 saturated heterocycles. The van der Waals surface area contributed by atoms with E-state index in [0.717, 1.165) is 6.54 Å². The molecule has 92 valence electrons. The van der Waals surface area contributed by atoms with Gasteiger partial charge in [-0.3, -0.25) is 0 Å². The first kappa shape index (κ1) is 11.9. The summed E-state index contributed by atoms with van der Waals surface area (Å²) in [7, 11) is 0. The van der Waals surface area contributed by atoms with Crippen LogP contribution in [0.3, 0.4) is 0 Å². The van der Waals surface area contributed by atoms with Crippen molar-refractivity contribution >= 4 is 0 Å². The van der Waals surface area contributed by atoms with Crippen molar-refractivity contribution < 1.29 is 4.52 Å². The Morgan fingerprint density at radius 2 is 2.29 bits per heavy atom. The lowest BCUT2D eigenvalue weighted by molar-refractivity contribution is 0.366. The number of rotatable bonds is 5. The number of nitrogens with one attached hydrogen (secondary N) is 1. The van der Waals surface area contributed by atoms with E-state index in [1.807, 2.05) is 19.2 Å². The largest absolute Gasteiger partial charge is 0.341 e. The van der Waals surface area contributed by atoms with Crippen molar-refractivity contribution in [3.05, 3.63) is 35.7 Å². The highest BCUT2D eigenvalue weighted by atomic mass is 16.5. The smallest absolute Gasteiger partial charge is 0.246 e. The van der Waals surface area contributed by atoms with Gasteiger partial charge in [0.2, 0.25) is 5.89 Å². The summed E-state index contributed by atoms with van der Waals surface area (Å²) in [6.07, 6.45) is 2.02. The summed E-state index contributed by atoms with van der Waals surface area (Å²) in [5, 5.41) is 7.18. The Morgan fingerprint density at radius 3 is 2.94 bits per heavy atom. The highest BCUT2D eigenvalue weighted by Gasteiger charge is 2.07. The normalized spacial score (nSPS) is 11.3. The summed E-state index contributed by atoms with van der Waals surface area (Å²) in [6.45, 7) is 7.56. The summed E-state index contributed by atoms with van der Waals surface area (Å²) >= 11 is 0. The Balaban J connectivity index is 2.03. The maximum atomic E-state index is 5.12. The first-order valence-electron chi connectivity index (χ1n) is 5.81. The molecule has 0 unspecified atom stereocenters. The molecule has 1 N–H and O–H groups in total. The minimum atomic E-state index is 0.476. The second-order valence-corrected chi connectivity index (χ2v) is 4.40. The molecule has 0 spiro atoms. The monoisotopic (exact) mass is 234 g/mol. The van der Waals surface area contributed by atoms with Crippen LogP contribution in [0.1, 0.15) is 31.3 Å². The van der Waals surface area contributed by atoms with E-state index >= 15 is 0 Å². The second-order valence-electron chi connectivity index (χ2n) is 4.40. The molecule has 0 amide bonds. The summed E-state index contributed by atoms with van der Waals surface area (Å²) in [5.41, 5.74) is 1.22. The van der Waals surface area contributed by atoms with Gasteiger partial charge in [0.25, 0.3) is 0 Å². The molecule has 0 atom stereocenters. The zero-order valence-electron chi connectivity index (χ0n) is 10.5. The van der Waals surface area contributed by atoms with Crippen molar-refractivity contribution in [3.8, 4) is 0 Å². The van der Waals surface area contributed by atoms with Crippen molar-refractivity contribution in [1.29, 1.82) is 0 Å². The topological polar surface area (TPSA) is 55.9 Å². The fourth-order valence-corrected chi connectivity index (χ4v) is 1.62. The Hall–Kier alpha value is -1.62. The predicted molar refractivity (Wildman–Crippen MR) is 64.5 cm³/mol. The average Bonchev–Trinajstić information content (AvgIpc) is 2.86. The van der Waals surface area contributed by atoms with Crippen LogP contribution in [0.5, 0.6) is 0 Å². The summed E-state index contributed by atoms with van der Waals surface area (Å²) in [6, 6.07) is 4.60. The van der Waals surface area contributed by atoms with Crippen LogP contribution in [-0.4, -0.2) is 20.7 Å². The van der Waals surface area contributed by atoms with Gasteiger partial charge in [-0.1, -0.05) is 19.0 Å². The molecule has 2 aromatic heterocycles. The van der Waals surface area contributed by atoms with Crippen LogP contribution >= 0.6 is 0 Å². The van der Waals surface area contributed by atoms with Gasteiger partial charge in [-0.2, -0.15) is 4.98 Å². The van der Waals surface area contributed by atoms with E-state index < -0.39 is 0 Å². The van der Waals surface area contributed by atoms with Crippen LogP contribution in [-0.2, 0) is 13.1 Å². The molecular formula is C12H18N4O. The zero-order valence-corrected chi connectivity index (χ0v) is 10.5. The van der Waals surface area contributed by atoms with E-state index in [0.29, 0.717) is 24.3 Å². The molecule has 5 nitrogen and oxygen atoms in total. The third kappa shape index (κ3) is 3.17. The minimum absolute atomic E-state index is 0.476. The van der Waals surface area contributed by atoms with Crippen molar-refractivity contribution in [2.75, 3.05) is 0 Å². The number of hydrogen-bond acceptors (Lipinski definition) is 4.